The number of aliphatic hydroxyl groups excluding tert-OH is 2. The summed E-state index contributed by atoms with van der Waals surface area (Å²) in [5, 5.41) is 40.9. The molecule has 0 aliphatic heterocycles. The van der Waals surface area contributed by atoms with Crippen LogP contribution in [0.1, 0.15) is 52.1 Å². The Kier molecular flexibility index (Phi) is 16.5. The molecule has 0 saturated heterocycles. The molecule has 1 rings (SSSR count). The molecule has 1 aromatic heterocycles. The Labute approximate surface area is 249 Å². The minimum absolute atomic E-state index is 0.000362. The number of aliphatic carboxylic acids is 1. The number of imidazole rings is 1. The molecule has 0 aromatic carbocycles. The van der Waals surface area contributed by atoms with E-state index in [2.05, 4.69) is 36.6 Å². The van der Waals surface area contributed by atoms with Crippen molar-refractivity contribution < 1.29 is 44.1 Å². The predicted octanol–water partition coefficient (Wildman–Crippen LogP) is -3.36. The lowest BCUT2D eigenvalue weighted by molar-refractivity contribution is -0.143. The lowest BCUT2D eigenvalue weighted by Crippen LogP contribution is -2.60. The summed E-state index contributed by atoms with van der Waals surface area (Å²) in [7, 11) is 0. The van der Waals surface area contributed by atoms with E-state index in [9.17, 15) is 44.1 Å². The first-order valence-corrected chi connectivity index (χ1v) is 13.9. The zero-order valence-corrected chi connectivity index (χ0v) is 24.6. The van der Waals surface area contributed by atoms with Crippen LogP contribution >= 0.6 is 0 Å². The van der Waals surface area contributed by atoms with Gasteiger partial charge in [-0.3, -0.25) is 24.0 Å². The summed E-state index contributed by atoms with van der Waals surface area (Å²) in [5.74, 6) is -5.36. The highest BCUT2D eigenvalue weighted by Gasteiger charge is 2.32. The summed E-state index contributed by atoms with van der Waals surface area (Å²) >= 11 is 0. The molecule has 1 aromatic rings. The van der Waals surface area contributed by atoms with Crippen molar-refractivity contribution in [2.75, 3.05) is 19.8 Å². The van der Waals surface area contributed by atoms with Crippen molar-refractivity contribution in [2.45, 2.75) is 83.1 Å². The van der Waals surface area contributed by atoms with Gasteiger partial charge in [0.15, 0.2) is 0 Å². The van der Waals surface area contributed by atoms with Gasteiger partial charge in [-0.2, -0.15) is 0 Å². The van der Waals surface area contributed by atoms with Gasteiger partial charge in [-0.05, 0) is 38.1 Å². The number of carboxylic acid groups (broad SMARTS) is 1. The summed E-state index contributed by atoms with van der Waals surface area (Å²) < 4.78 is 0. The maximum absolute atomic E-state index is 13.0. The van der Waals surface area contributed by atoms with E-state index in [1.807, 2.05) is 0 Å². The highest BCUT2D eigenvalue weighted by Crippen LogP contribution is 2.08. The molecule has 0 spiro atoms. The van der Waals surface area contributed by atoms with Crippen molar-refractivity contribution in [1.82, 2.24) is 36.6 Å². The Morgan fingerprint density at radius 1 is 0.814 bits per heavy atom. The third-order valence-corrected chi connectivity index (χ3v) is 6.21. The van der Waals surface area contributed by atoms with Gasteiger partial charge in [-0.25, -0.2) is 9.78 Å². The number of hydrogen-bond acceptors (Lipinski definition) is 10. The summed E-state index contributed by atoms with van der Waals surface area (Å²) in [6.45, 7) is 3.31. The number of aliphatic hydroxyl groups is 2. The Morgan fingerprint density at radius 2 is 1.33 bits per heavy atom. The van der Waals surface area contributed by atoms with Gasteiger partial charge in [0.05, 0.1) is 19.5 Å². The van der Waals surface area contributed by atoms with E-state index < -0.39 is 78.9 Å². The normalized spacial score (nSPS) is 14.5. The van der Waals surface area contributed by atoms with Gasteiger partial charge in [0.2, 0.25) is 29.5 Å². The van der Waals surface area contributed by atoms with E-state index in [0.29, 0.717) is 25.1 Å². The number of hydrogen-bond donors (Lipinski definition) is 10. The molecule has 0 radical (unpaired) electrons. The maximum Gasteiger partial charge on any atom is 0.326 e. The number of aromatic amines is 1. The molecule has 11 N–H and O–H groups in total. The third kappa shape index (κ3) is 13.6. The highest BCUT2D eigenvalue weighted by atomic mass is 16.4. The number of unbranched alkanes of at least 4 members (excludes halogenated alkanes) is 1. The molecule has 43 heavy (non-hydrogen) atoms. The Balaban J connectivity index is 2.95. The van der Waals surface area contributed by atoms with Crippen molar-refractivity contribution in [3.63, 3.8) is 0 Å². The standard InChI is InChI=1S/C26H44N8O9/c1-14(2)8-19(26(42)43)32-22(38)17(6-4-5-7-27)31-24(40)20(11-35)34-25(41)21(12-36)33-23(39)18(30-15(3)37)9-16-10-28-13-29-16/h10,13-14,17-21,35-36H,4-9,11-12,27H2,1-3H3,(H,28,29)(H,30,37)(H,31,40)(H,32,38)(H,33,39)(H,34,41)(H,42,43)/t17-,18-,19-,20-,21-/m0/s1. The first-order chi connectivity index (χ1) is 20.3. The van der Waals surface area contributed by atoms with Crippen LogP contribution in [0.5, 0.6) is 0 Å². The maximum atomic E-state index is 13.0. The van der Waals surface area contributed by atoms with Crippen LogP contribution in [0.3, 0.4) is 0 Å². The molecule has 1 heterocycles. The van der Waals surface area contributed by atoms with Gasteiger partial charge in [0.1, 0.15) is 30.2 Å². The minimum atomic E-state index is -1.59. The van der Waals surface area contributed by atoms with Crippen LogP contribution in [0.4, 0.5) is 0 Å². The van der Waals surface area contributed by atoms with Gasteiger partial charge in [-0.1, -0.05) is 13.8 Å². The van der Waals surface area contributed by atoms with Gasteiger partial charge >= 0.3 is 5.97 Å². The number of H-pyrrole nitrogens is 1. The third-order valence-electron chi connectivity index (χ3n) is 6.21. The van der Waals surface area contributed by atoms with E-state index in [-0.39, 0.29) is 25.2 Å². The highest BCUT2D eigenvalue weighted by molar-refractivity contribution is 5.96. The van der Waals surface area contributed by atoms with Crippen molar-refractivity contribution in [1.29, 1.82) is 0 Å². The molecule has 0 aliphatic carbocycles. The van der Waals surface area contributed by atoms with Gasteiger partial charge in [0.25, 0.3) is 0 Å². The predicted molar refractivity (Wildman–Crippen MR) is 152 cm³/mol. The molecule has 242 valence electrons. The molecule has 0 fully saturated rings. The zero-order chi connectivity index (χ0) is 32.5. The number of aromatic nitrogens is 2. The number of carbonyl (C=O) groups excluding carboxylic acids is 5. The summed E-state index contributed by atoms with van der Waals surface area (Å²) in [5.41, 5.74) is 6.04. The van der Waals surface area contributed by atoms with Crippen LogP contribution in [0.15, 0.2) is 12.5 Å². The van der Waals surface area contributed by atoms with Crippen molar-refractivity contribution in [3.05, 3.63) is 18.2 Å². The zero-order valence-electron chi connectivity index (χ0n) is 24.6. The second-order valence-corrected chi connectivity index (χ2v) is 10.4. The summed E-state index contributed by atoms with van der Waals surface area (Å²) in [6.07, 6.45) is 4.01. The fourth-order valence-corrected chi connectivity index (χ4v) is 4.00. The van der Waals surface area contributed by atoms with Crippen molar-refractivity contribution in [3.8, 4) is 0 Å². The molecule has 0 aliphatic rings. The topological polar surface area (TPSA) is 278 Å². The largest absolute Gasteiger partial charge is 0.480 e. The van der Waals surface area contributed by atoms with Crippen LogP contribution in [-0.2, 0) is 35.2 Å². The van der Waals surface area contributed by atoms with E-state index in [1.54, 1.807) is 13.8 Å². The quantitative estimate of drug-likeness (QED) is 0.0649. The van der Waals surface area contributed by atoms with Crippen LogP contribution in [0, 0.1) is 5.92 Å². The lowest BCUT2D eigenvalue weighted by atomic mass is 10.0. The molecule has 0 bridgehead atoms. The average molecular weight is 613 g/mol. The molecule has 0 unspecified atom stereocenters. The molecule has 17 heteroatoms. The number of carbonyl (C=O) groups is 6. The number of nitrogens with zero attached hydrogens (tertiary/aromatic N) is 1. The lowest BCUT2D eigenvalue weighted by Gasteiger charge is -2.26. The van der Waals surface area contributed by atoms with Crippen LogP contribution in [0.25, 0.3) is 0 Å². The minimum Gasteiger partial charge on any atom is -0.480 e. The fourth-order valence-electron chi connectivity index (χ4n) is 4.00. The monoisotopic (exact) mass is 612 g/mol. The molecular formula is C26H44N8O9. The molecule has 5 atom stereocenters. The Bertz CT molecular complexity index is 1070. The van der Waals surface area contributed by atoms with Gasteiger partial charge < -0.3 is 52.6 Å². The molecule has 5 amide bonds. The van der Waals surface area contributed by atoms with Crippen LogP contribution < -0.4 is 32.3 Å². The van der Waals surface area contributed by atoms with E-state index in [1.165, 1.54) is 19.4 Å². The van der Waals surface area contributed by atoms with Crippen molar-refractivity contribution >= 4 is 35.5 Å². The number of nitrogens with one attached hydrogen (secondary N) is 6. The number of carboxylic acids is 1. The SMILES string of the molecule is CC(=O)N[C@@H](Cc1cnc[nH]1)C(=O)N[C@@H](CO)C(=O)N[C@@H](CO)C(=O)N[C@@H](CCCCN)C(=O)N[C@@H](CC(C)C)C(=O)O. The number of nitrogens with two attached hydrogens (primary N) is 1. The first kappa shape index (κ1) is 36.9. The smallest absolute Gasteiger partial charge is 0.326 e. The van der Waals surface area contributed by atoms with Crippen LogP contribution in [-0.4, -0.2) is 111 Å². The first-order valence-electron chi connectivity index (χ1n) is 13.9. The molecule has 0 saturated carbocycles. The second-order valence-electron chi connectivity index (χ2n) is 10.4. The van der Waals surface area contributed by atoms with E-state index in [4.69, 9.17) is 5.73 Å². The molecular weight excluding hydrogens is 568 g/mol. The van der Waals surface area contributed by atoms with E-state index >= 15 is 0 Å². The van der Waals surface area contributed by atoms with Crippen LogP contribution in [0.2, 0.25) is 0 Å². The second kappa shape index (κ2) is 19.2. The average Bonchev–Trinajstić information content (AvgIpc) is 3.45. The fraction of sp³-hybridized carbons (Fsp3) is 0.654. The van der Waals surface area contributed by atoms with Crippen molar-refractivity contribution in [2.24, 2.45) is 11.7 Å². The summed E-state index contributed by atoms with van der Waals surface area (Å²) in [6, 6.07) is -6.69. The van der Waals surface area contributed by atoms with Gasteiger partial charge in [-0.15, -0.1) is 0 Å². The van der Waals surface area contributed by atoms with Gasteiger partial charge in [0, 0.05) is 25.2 Å². The Hall–Kier alpha value is -4.09. The number of rotatable bonds is 20. The summed E-state index contributed by atoms with van der Waals surface area (Å²) in [4.78, 5) is 81.5. The number of amides is 5. The Morgan fingerprint density at radius 3 is 1.77 bits per heavy atom. The molecule has 17 nitrogen and oxygen atoms in total. The van der Waals surface area contributed by atoms with E-state index in [0.717, 1.165) is 0 Å².